The van der Waals surface area contributed by atoms with Crippen LogP contribution in [0.5, 0.6) is 0 Å². The summed E-state index contributed by atoms with van der Waals surface area (Å²) >= 11 is 0. The van der Waals surface area contributed by atoms with Gasteiger partial charge in [0.25, 0.3) is 0 Å². The first-order valence-corrected chi connectivity index (χ1v) is 7.54. The average molecular weight is 270 g/mol. The normalized spacial score (nSPS) is 32.1. The van der Waals surface area contributed by atoms with Crippen molar-refractivity contribution in [2.75, 3.05) is 13.1 Å². The molecule has 3 atom stereocenters. The average Bonchev–Trinajstić information content (AvgIpc) is 2.88. The molecule has 1 heterocycles. The Morgan fingerprint density at radius 3 is 2.95 bits per heavy atom. The van der Waals surface area contributed by atoms with E-state index in [1.54, 1.807) is 0 Å². The third kappa shape index (κ3) is 1.79. The molecule has 1 aromatic rings. The van der Waals surface area contributed by atoms with Crippen molar-refractivity contribution in [1.29, 1.82) is 5.26 Å². The SMILES string of the molecule is CC(O)(C1CCCNC1)C1(C#N)CCc2ccccc21. The van der Waals surface area contributed by atoms with Gasteiger partial charge < -0.3 is 10.4 Å². The lowest BCUT2D eigenvalue weighted by Gasteiger charge is -2.45. The number of fused-ring (bicyclic) bond motifs is 1. The van der Waals surface area contributed by atoms with Gasteiger partial charge in [-0.15, -0.1) is 0 Å². The molecule has 3 nitrogen and oxygen atoms in total. The van der Waals surface area contributed by atoms with E-state index in [4.69, 9.17) is 0 Å². The molecule has 3 unspecified atom stereocenters. The molecule has 1 fully saturated rings. The highest BCUT2D eigenvalue weighted by molar-refractivity contribution is 5.47. The van der Waals surface area contributed by atoms with E-state index in [0.717, 1.165) is 44.3 Å². The Balaban J connectivity index is 2.04. The molecule has 1 aliphatic carbocycles. The van der Waals surface area contributed by atoms with Crippen LogP contribution in [0, 0.1) is 17.2 Å². The Morgan fingerprint density at radius 1 is 1.45 bits per heavy atom. The maximum Gasteiger partial charge on any atom is 0.111 e. The first-order valence-electron chi connectivity index (χ1n) is 7.54. The highest BCUT2D eigenvalue weighted by Crippen LogP contribution is 2.49. The van der Waals surface area contributed by atoms with Crippen molar-refractivity contribution in [2.24, 2.45) is 5.92 Å². The molecule has 3 rings (SSSR count). The summed E-state index contributed by atoms with van der Waals surface area (Å²) < 4.78 is 0. The molecule has 0 bridgehead atoms. The second-order valence-electron chi connectivity index (χ2n) is 6.37. The zero-order chi connectivity index (χ0) is 14.2. The van der Waals surface area contributed by atoms with Crippen molar-refractivity contribution in [3.8, 4) is 6.07 Å². The topological polar surface area (TPSA) is 56.0 Å². The summed E-state index contributed by atoms with van der Waals surface area (Å²) in [6.45, 7) is 3.69. The van der Waals surface area contributed by atoms with E-state index in [2.05, 4.69) is 17.5 Å². The van der Waals surface area contributed by atoms with Gasteiger partial charge in [-0.3, -0.25) is 0 Å². The standard InChI is InChI=1S/C17H22N2O/c1-16(20,14-6-4-10-19-11-14)17(12-18)9-8-13-5-2-3-7-15(13)17/h2-3,5,7,14,19-20H,4,6,8-11H2,1H3. The lowest BCUT2D eigenvalue weighted by molar-refractivity contribution is -0.0595. The molecule has 0 saturated carbocycles. The highest BCUT2D eigenvalue weighted by atomic mass is 16.3. The van der Waals surface area contributed by atoms with E-state index in [1.165, 1.54) is 5.56 Å². The van der Waals surface area contributed by atoms with Crippen LogP contribution in [-0.2, 0) is 11.8 Å². The highest BCUT2D eigenvalue weighted by Gasteiger charge is 2.55. The third-order valence-corrected chi connectivity index (χ3v) is 5.39. The summed E-state index contributed by atoms with van der Waals surface area (Å²) in [5.41, 5.74) is 0.519. The van der Waals surface area contributed by atoms with Gasteiger partial charge in [-0.05, 0) is 50.3 Å². The number of nitriles is 1. The smallest absolute Gasteiger partial charge is 0.111 e. The second kappa shape index (κ2) is 4.87. The number of aliphatic hydroxyl groups is 1. The molecule has 106 valence electrons. The Labute approximate surface area is 120 Å². The lowest BCUT2D eigenvalue weighted by Crippen LogP contribution is -2.56. The van der Waals surface area contributed by atoms with Crippen molar-refractivity contribution in [3.63, 3.8) is 0 Å². The Kier molecular flexibility index (Phi) is 3.32. The molecule has 1 aromatic carbocycles. The first kappa shape index (κ1) is 13.6. The van der Waals surface area contributed by atoms with Gasteiger partial charge >= 0.3 is 0 Å². The fraction of sp³-hybridized carbons (Fsp3) is 0.588. The summed E-state index contributed by atoms with van der Waals surface area (Å²) in [7, 11) is 0. The number of hydrogen-bond donors (Lipinski definition) is 2. The zero-order valence-corrected chi connectivity index (χ0v) is 12.0. The summed E-state index contributed by atoms with van der Waals surface area (Å²) in [4.78, 5) is 0. The molecule has 2 aliphatic rings. The number of piperidine rings is 1. The maximum absolute atomic E-state index is 11.3. The van der Waals surface area contributed by atoms with Gasteiger partial charge in [-0.1, -0.05) is 24.3 Å². The molecular formula is C17H22N2O. The van der Waals surface area contributed by atoms with Crippen LogP contribution in [0.1, 0.15) is 37.3 Å². The molecule has 1 saturated heterocycles. The lowest BCUT2D eigenvalue weighted by atomic mass is 9.63. The van der Waals surface area contributed by atoms with Gasteiger partial charge in [0.15, 0.2) is 0 Å². The van der Waals surface area contributed by atoms with Gasteiger partial charge in [-0.25, -0.2) is 0 Å². The first-order chi connectivity index (χ1) is 9.62. The molecule has 0 aromatic heterocycles. The summed E-state index contributed by atoms with van der Waals surface area (Å²) in [5, 5.41) is 24.5. The van der Waals surface area contributed by atoms with Gasteiger partial charge in [0.2, 0.25) is 0 Å². The van der Waals surface area contributed by atoms with Gasteiger partial charge in [0.1, 0.15) is 5.41 Å². The molecule has 20 heavy (non-hydrogen) atoms. The maximum atomic E-state index is 11.3. The third-order valence-electron chi connectivity index (χ3n) is 5.39. The second-order valence-corrected chi connectivity index (χ2v) is 6.37. The Morgan fingerprint density at radius 2 is 2.25 bits per heavy atom. The van der Waals surface area contributed by atoms with Crippen LogP contribution in [0.4, 0.5) is 0 Å². The van der Waals surface area contributed by atoms with Crippen LogP contribution in [0.2, 0.25) is 0 Å². The zero-order valence-electron chi connectivity index (χ0n) is 12.0. The molecule has 2 N–H and O–H groups in total. The predicted octanol–water partition coefficient (Wildman–Crippen LogP) is 2.14. The summed E-state index contributed by atoms with van der Waals surface area (Å²) in [6, 6.07) is 10.6. The summed E-state index contributed by atoms with van der Waals surface area (Å²) in [5.74, 6) is 0.141. The van der Waals surface area contributed by atoms with Crippen LogP contribution in [0.3, 0.4) is 0 Å². The predicted molar refractivity (Wildman–Crippen MR) is 78.3 cm³/mol. The van der Waals surface area contributed by atoms with E-state index in [9.17, 15) is 10.4 Å². The molecule has 0 spiro atoms. The van der Waals surface area contributed by atoms with E-state index in [1.807, 2.05) is 25.1 Å². The number of hydrogen-bond acceptors (Lipinski definition) is 3. The van der Waals surface area contributed by atoms with E-state index in [0.29, 0.717) is 0 Å². The largest absolute Gasteiger partial charge is 0.388 e. The van der Waals surface area contributed by atoms with E-state index >= 15 is 0 Å². The monoisotopic (exact) mass is 270 g/mol. The molecule has 3 heteroatoms. The number of aryl methyl sites for hydroxylation is 1. The van der Waals surface area contributed by atoms with Gasteiger partial charge in [0.05, 0.1) is 11.7 Å². The van der Waals surface area contributed by atoms with Crippen LogP contribution in [-0.4, -0.2) is 23.8 Å². The van der Waals surface area contributed by atoms with Crippen LogP contribution >= 0.6 is 0 Å². The van der Waals surface area contributed by atoms with Gasteiger partial charge in [0, 0.05) is 12.5 Å². The number of nitrogens with zero attached hydrogens (tertiary/aromatic N) is 1. The van der Waals surface area contributed by atoms with Crippen molar-refractivity contribution >= 4 is 0 Å². The van der Waals surface area contributed by atoms with Crippen molar-refractivity contribution in [1.82, 2.24) is 5.32 Å². The van der Waals surface area contributed by atoms with E-state index in [-0.39, 0.29) is 5.92 Å². The van der Waals surface area contributed by atoms with Crippen molar-refractivity contribution in [3.05, 3.63) is 35.4 Å². The quantitative estimate of drug-likeness (QED) is 0.865. The molecule has 1 aliphatic heterocycles. The van der Waals surface area contributed by atoms with Gasteiger partial charge in [-0.2, -0.15) is 5.26 Å². The minimum atomic E-state index is -0.984. The van der Waals surface area contributed by atoms with Crippen LogP contribution in [0.15, 0.2) is 24.3 Å². The Bertz CT molecular complexity index is 540. The summed E-state index contributed by atoms with van der Waals surface area (Å²) in [6.07, 6.45) is 3.68. The van der Waals surface area contributed by atoms with Crippen molar-refractivity contribution in [2.45, 2.75) is 43.6 Å². The molecule has 0 amide bonds. The van der Waals surface area contributed by atoms with Crippen molar-refractivity contribution < 1.29 is 5.11 Å². The Hall–Kier alpha value is -1.37. The van der Waals surface area contributed by atoms with E-state index < -0.39 is 11.0 Å². The number of benzene rings is 1. The number of nitrogens with one attached hydrogen (secondary N) is 1. The minimum Gasteiger partial charge on any atom is -0.388 e. The van der Waals surface area contributed by atoms with Crippen LogP contribution < -0.4 is 5.32 Å². The number of rotatable bonds is 2. The van der Waals surface area contributed by atoms with Crippen LogP contribution in [0.25, 0.3) is 0 Å². The fourth-order valence-corrected chi connectivity index (χ4v) is 4.05. The fourth-order valence-electron chi connectivity index (χ4n) is 4.05. The molecular weight excluding hydrogens is 248 g/mol. The molecule has 0 radical (unpaired) electrons. The minimum absolute atomic E-state index is 0.141.